The SMILES string of the molecule is Cc1cccc(N2C(=O)C(c3c(C)[nH]n(-c4cccc(Cl)c4)c3=O)=C([n+]3ccc(C)c(C)c3)C2=O)c1. The number of carbonyl (C=O) groups is 2. The predicted octanol–water partition coefficient (Wildman–Crippen LogP) is 4.28. The third-order valence-corrected chi connectivity index (χ3v) is 6.64. The van der Waals surface area contributed by atoms with E-state index < -0.39 is 17.4 Å². The maximum Gasteiger partial charge on any atom is 0.331 e. The normalized spacial score (nSPS) is 13.8. The molecule has 0 spiro atoms. The number of carbonyl (C=O) groups excluding carboxylic acids is 2. The van der Waals surface area contributed by atoms with Crippen molar-refractivity contribution >= 4 is 40.4 Å². The number of anilines is 1. The molecule has 1 aliphatic rings. The summed E-state index contributed by atoms with van der Waals surface area (Å²) in [7, 11) is 0. The van der Waals surface area contributed by atoms with Crippen molar-refractivity contribution < 1.29 is 14.2 Å². The molecule has 0 unspecified atom stereocenters. The molecule has 2 amide bonds. The average molecular weight is 500 g/mol. The third-order valence-electron chi connectivity index (χ3n) is 6.41. The molecule has 0 aliphatic carbocycles. The minimum atomic E-state index is -0.552. The Morgan fingerprint density at radius 3 is 2.25 bits per heavy atom. The molecule has 0 saturated carbocycles. The molecule has 8 heteroatoms. The molecule has 1 aliphatic heterocycles. The summed E-state index contributed by atoms with van der Waals surface area (Å²) >= 11 is 6.15. The predicted molar refractivity (Wildman–Crippen MR) is 139 cm³/mol. The lowest BCUT2D eigenvalue weighted by Gasteiger charge is -2.14. The molecule has 0 saturated heterocycles. The first kappa shape index (κ1) is 23.5. The van der Waals surface area contributed by atoms with Crippen LogP contribution in [0.25, 0.3) is 17.0 Å². The minimum Gasteiger partial charge on any atom is -0.295 e. The number of nitrogens with zero attached hydrogens (tertiary/aromatic N) is 3. The fraction of sp³-hybridized carbons (Fsp3) is 0.143. The van der Waals surface area contributed by atoms with E-state index in [0.717, 1.165) is 21.6 Å². The second-order valence-electron chi connectivity index (χ2n) is 8.96. The van der Waals surface area contributed by atoms with Crippen LogP contribution in [0, 0.1) is 27.7 Å². The van der Waals surface area contributed by atoms with Crippen LogP contribution in [-0.4, -0.2) is 21.6 Å². The Bertz CT molecular complexity index is 1660. The smallest absolute Gasteiger partial charge is 0.295 e. The van der Waals surface area contributed by atoms with Crippen molar-refractivity contribution in [2.75, 3.05) is 4.90 Å². The van der Waals surface area contributed by atoms with Gasteiger partial charge >= 0.3 is 5.91 Å². The number of amides is 2. The zero-order valence-electron chi connectivity index (χ0n) is 20.3. The Balaban J connectivity index is 1.78. The number of rotatable bonds is 4. The highest BCUT2D eigenvalue weighted by atomic mass is 35.5. The van der Waals surface area contributed by atoms with Crippen molar-refractivity contribution in [2.24, 2.45) is 0 Å². The van der Waals surface area contributed by atoms with Crippen LogP contribution < -0.4 is 15.0 Å². The van der Waals surface area contributed by atoms with Gasteiger partial charge in [-0.1, -0.05) is 29.8 Å². The van der Waals surface area contributed by atoms with E-state index in [4.69, 9.17) is 11.6 Å². The molecular formula is C28H24ClN4O3+. The van der Waals surface area contributed by atoms with Gasteiger partial charge in [0.15, 0.2) is 12.4 Å². The first-order chi connectivity index (χ1) is 17.2. The van der Waals surface area contributed by atoms with Gasteiger partial charge in [0.05, 0.1) is 16.9 Å². The maximum atomic E-state index is 13.9. The summed E-state index contributed by atoms with van der Waals surface area (Å²) in [5.74, 6) is -1.05. The van der Waals surface area contributed by atoms with Crippen LogP contribution in [0.5, 0.6) is 0 Å². The molecule has 36 heavy (non-hydrogen) atoms. The fourth-order valence-corrected chi connectivity index (χ4v) is 4.62. The second-order valence-corrected chi connectivity index (χ2v) is 9.40. The summed E-state index contributed by atoms with van der Waals surface area (Å²) in [5.41, 5.74) is 4.20. The molecule has 2 aromatic carbocycles. The van der Waals surface area contributed by atoms with E-state index in [2.05, 4.69) is 5.10 Å². The second kappa shape index (κ2) is 8.77. The summed E-state index contributed by atoms with van der Waals surface area (Å²) in [6.07, 6.45) is 3.53. The zero-order chi connectivity index (χ0) is 25.7. The van der Waals surface area contributed by atoms with Gasteiger partial charge in [-0.2, -0.15) is 4.57 Å². The van der Waals surface area contributed by atoms with E-state index in [9.17, 15) is 14.4 Å². The van der Waals surface area contributed by atoms with Gasteiger partial charge < -0.3 is 0 Å². The van der Waals surface area contributed by atoms with Gasteiger partial charge in [0, 0.05) is 22.3 Å². The van der Waals surface area contributed by atoms with Crippen LogP contribution in [0.4, 0.5) is 5.69 Å². The number of benzene rings is 2. The molecule has 4 aromatic rings. The lowest BCUT2D eigenvalue weighted by atomic mass is 10.0. The lowest BCUT2D eigenvalue weighted by Crippen LogP contribution is -2.40. The number of halogens is 1. The number of aromatic amines is 1. The molecule has 2 aromatic heterocycles. The van der Waals surface area contributed by atoms with Crippen LogP contribution in [0.1, 0.15) is 27.9 Å². The van der Waals surface area contributed by atoms with Crippen LogP contribution in [0.15, 0.2) is 71.8 Å². The Labute approximate surface area is 212 Å². The number of hydrogen-bond donors (Lipinski definition) is 1. The molecule has 180 valence electrons. The molecule has 5 rings (SSSR count). The van der Waals surface area contributed by atoms with Gasteiger partial charge in [-0.15, -0.1) is 0 Å². The summed E-state index contributed by atoms with van der Waals surface area (Å²) in [4.78, 5) is 42.6. The molecule has 0 fully saturated rings. The summed E-state index contributed by atoms with van der Waals surface area (Å²) in [5, 5.41) is 3.51. The Kier molecular flexibility index (Phi) is 5.73. The molecule has 0 atom stereocenters. The number of nitrogens with one attached hydrogen (secondary N) is 1. The molecule has 0 bridgehead atoms. The van der Waals surface area contributed by atoms with E-state index >= 15 is 0 Å². The fourth-order valence-electron chi connectivity index (χ4n) is 4.44. The number of pyridine rings is 1. The van der Waals surface area contributed by atoms with Crippen molar-refractivity contribution in [3.8, 4) is 5.69 Å². The zero-order valence-corrected chi connectivity index (χ0v) is 21.1. The monoisotopic (exact) mass is 499 g/mol. The molecule has 7 nitrogen and oxygen atoms in total. The van der Waals surface area contributed by atoms with Crippen LogP contribution >= 0.6 is 11.6 Å². The number of hydrogen-bond acceptors (Lipinski definition) is 3. The van der Waals surface area contributed by atoms with Crippen LogP contribution in [-0.2, 0) is 9.59 Å². The first-order valence-electron chi connectivity index (χ1n) is 11.4. The highest BCUT2D eigenvalue weighted by Crippen LogP contribution is 2.33. The quantitative estimate of drug-likeness (QED) is 0.336. The van der Waals surface area contributed by atoms with E-state index in [1.54, 1.807) is 66.3 Å². The summed E-state index contributed by atoms with van der Waals surface area (Å²) in [6.45, 7) is 7.50. The van der Waals surface area contributed by atoms with Gasteiger partial charge in [0.2, 0.25) is 0 Å². The molecular weight excluding hydrogens is 476 g/mol. The Morgan fingerprint density at radius 1 is 0.833 bits per heavy atom. The van der Waals surface area contributed by atoms with Gasteiger partial charge in [0.1, 0.15) is 5.57 Å². The minimum absolute atomic E-state index is 0.0503. The topological polar surface area (TPSA) is 79.1 Å². The van der Waals surface area contributed by atoms with Crippen molar-refractivity contribution in [1.29, 1.82) is 0 Å². The van der Waals surface area contributed by atoms with Gasteiger partial charge in [0.25, 0.3) is 17.2 Å². The highest BCUT2D eigenvalue weighted by molar-refractivity contribution is 6.53. The average Bonchev–Trinajstić information content (AvgIpc) is 3.26. The van der Waals surface area contributed by atoms with Crippen LogP contribution in [0.2, 0.25) is 5.02 Å². The van der Waals surface area contributed by atoms with Crippen molar-refractivity contribution in [2.45, 2.75) is 27.7 Å². The number of imide groups is 1. The maximum absolute atomic E-state index is 13.9. The van der Waals surface area contributed by atoms with Gasteiger partial charge in [-0.05, 0) is 69.2 Å². The summed E-state index contributed by atoms with van der Waals surface area (Å²) < 4.78 is 2.96. The number of H-pyrrole nitrogens is 1. The van der Waals surface area contributed by atoms with Gasteiger partial charge in [-0.3, -0.25) is 19.5 Å². The van der Waals surface area contributed by atoms with E-state index in [0.29, 0.717) is 22.1 Å². The van der Waals surface area contributed by atoms with E-state index in [-0.39, 0.29) is 16.8 Å². The van der Waals surface area contributed by atoms with Crippen molar-refractivity contribution in [1.82, 2.24) is 9.78 Å². The molecule has 3 heterocycles. The first-order valence-corrected chi connectivity index (χ1v) is 11.8. The standard InChI is InChI=1S/C28H23ClN4O3/c1-16-7-5-9-21(13-16)32-26(34)24(25(28(32)36)31-12-11-17(2)18(3)15-31)23-19(4)30-33(27(23)35)22-10-6-8-20(29)14-22/h5-15H,1-4H3/p+1. The molecule has 0 radical (unpaired) electrons. The number of aromatic nitrogens is 3. The van der Waals surface area contributed by atoms with Gasteiger partial charge in [-0.25, -0.2) is 9.58 Å². The largest absolute Gasteiger partial charge is 0.331 e. The number of aryl methyl sites for hydroxylation is 4. The summed E-state index contributed by atoms with van der Waals surface area (Å²) in [6, 6.07) is 15.9. The molecule has 1 N–H and O–H groups in total. The lowest BCUT2D eigenvalue weighted by molar-refractivity contribution is -0.577. The highest BCUT2D eigenvalue weighted by Gasteiger charge is 2.48. The third kappa shape index (κ3) is 3.78. The van der Waals surface area contributed by atoms with E-state index in [1.165, 1.54) is 4.68 Å². The van der Waals surface area contributed by atoms with Crippen LogP contribution in [0.3, 0.4) is 0 Å². The van der Waals surface area contributed by atoms with Crippen molar-refractivity contribution in [3.05, 3.63) is 110 Å². The van der Waals surface area contributed by atoms with E-state index in [1.807, 2.05) is 32.9 Å². The Hall–Kier alpha value is -4.23. The van der Waals surface area contributed by atoms with Crippen molar-refractivity contribution in [3.63, 3.8) is 0 Å². The Morgan fingerprint density at radius 2 is 1.56 bits per heavy atom.